The maximum Gasteiger partial charge on any atom is 0.217 e. The van der Waals surface area contributed by atoms with E-state index in [2.05, 4.69) is 15.1 Å². The first-order chi connectivity index (χ1) is 12.8. The molecule has 1 aromatic carbocycles. The van der Waals surface area contributed by atoms with Crippen LogP contribution in [0.15, 0.2) is 58.6 Å². The molecule has 0 spiro atoms. The second-order valence-electron chi connectivity index (χ2n) is 5.60. The summed E-state index contributed by atoms with van der Waals surface area (Å²) in [5.41, 5.74) is 0.765. The van der Waals surface area contributed by atoms with Crippen LogP contribution < -0.4 is 4.74 Å². The predicted molar refractivity (Wildman–Crippen MR) is 99.7 cm³/mol. The maximum atomic E-state index is 5.87. The Balaban J connectivity index is 1.40. The lowest BCUT2D eigenvalue weighted by molar-refractivity contribution is 0.272. The van der Waals surface area contributed by atoms with Crippen LogP contribution in [-0.4, -0.2) is 19.6 Å². The van der Waals surface area contributed by atoms with E-state index >= 15 is 0 Å². The standard InChI is InChI=1S/C18H11ClN4O2S/c19-11-1-3-12(4-2-11)24-9-13-5-6-15(25-13)16-21-17-14-7-8-26-18(14)20-10-23(17)22-16/h1-8,10H,9H2. The van der Waals surface area contributed by atoms with E-state index in [-0.39, 0.29) is 0 Å². The second-order valence-corrected chi connectivity index (χ2v) is 6.93. The van der Waals surface area contributed by atoms with Crippen LogP contribution >= 0.6 is 22.9 Å². The Labute approximate surface area is 156 Å². The number of hydrogen-bond donors (Lipinski definition) is 0. The molecule has 4 aromatic heterocycles. The number of fused-ring (bicyclic) bond motifs is 3. The van der Waals surface area contributed by atoms with Gasteiger partial charge in [0.2, 0.25) is 5.82 Å². The van der Waals surface area contributed by atoms with Gasteiger partial charge in [-0.05, 0) is 47.8 Å². The highest BCUT2D eigenvalue weighted by molar-refractivity contribution is 7.16. The summed E-state index contributed by atoms with van der Waals surface area (Å²) in [5, 5.41) is 8.10. The van der Waals surface area contributed by atoms with Crippen LogP contribution in [0.5, 0.6) is 5.75 Å². The average Bonchev–Trinajstić information content (AvgIpc) is 3.38. The fraction of sp³-hybridized carbons (Fsp3) is 0.0556. The minimum absolute atomic E-state index is 0.311. The zero-order chi connectivity index (χ0) is 17.5. The smallest absolute Gasteiger partial charge is 0.217 e. The molecule has 128 valence electrons. The minimum atomic E-state index is 0.311. The molecule has 0 bridgehead atoms. The number of nitrogens with zero attached hydrogens (tertiary/aromatic N) is 4. The number of benzene rings is 1. The van der Waals surface area contributed by atoms with Crippen LogP contribution in [0.2, 0.25) is 5.02 Å². The Kier molecular flexibility index (Phi) is 3.62. The van der Waals surface area contributed by atoms with Gasteiger partial charge < -0.3 is 9.15 Å². The molecule has 0 saturated carbocycles. The summed E-state index contributed by atoms with van der Waals surface area (Å²) in [7, 11) is 0. The molecule has 5 rings (SSSR count). The lowest BCUT2D eigenvalue weighted by atomic mass is 10.3. The number of hydrogen-bond acceptors (Lipinski definition) is 6. The van der Waals surface area contributed by atoms with Crippen molar-refractivity contribution in [2.24, 2.45) is 0 Å². The third kappa shape index (κ3) is 2.71. The summed E-state index contributed by atoms with van der Waals surface area (Å²) < 4.78 is 13.2. The summed E-state index contributed by atoms with van der Waals surface area (Å²) in [6, 6.07) is 12.9. The van der Waals surface area contributed by atoms with Gasteiger partial charge in [-0.15, -0.1) is 16.4 Å². The first kappa shape index (κ1) is 15.4. The van der Waals surface area contributed by atoms with Crippen molar-refractivity contribution >= 4 is 38.8 Å². The molecular weight excluding hydrogens is 372 g/mol. The van der Waals surface area contributed by atoms with Crippen molar-refractivity contribution in [3.8, 4) is 17.3 Å². The van der Waals surface area contributed by atoms with Gasteiger partial charge in [-0.3, -0.25) is 0 Å². The number of furan rings is 1. The summed E-state index contributed by atoms with van der Waals surface area (Å²) in [5.74, 6) is 2.52. The van der Waals surface area contributed by atoms with Gasteiger partial charge in [0.25, 0.3) is 0 Å². The Morgan fingerprint density at radius 2 is 2.00 bits per heavy atom. The quantitative estimate of drug-likeness (QED) is 0.445. The molecular formula is C18H11ClN4O2S. The maximum absolute atomic E-state index is 5.87. The zero-order valence-corrected chi connectivity index (χ0v) is 14.9. The summed E-state index contributed by atoms with van der Waals surface area (Å²) in [6.45, 7) is 0.311. The number of halogens is 1. The molecule has 0 atom stereocenters. The van der Waals surface area contributed by atoms with E-state index in [0.717, 1.165) is 21.6 Å². The average molecular weight is 383 g/mol. The van der Waals surface area contributed by atoms with Crippen molar-refractivity contribution in [3.05, 3.63) is 65.0 Å². The lowest BCUT2D eigenvalue weighted by Gasteiger charge is -2.03. The normalized spacial score (nSPS) is 11.4. The Morgan fingerprint density at radius 1 is 1.12 bits per heavy atom. The van der Waals surface area contributed by atoms with Gasteiger partial charge in [0.05, 0.1) is 5.39 Å². The van der Waals surface area contributed by atoms with E-state index < -0.39 is 0 Å². The van der Waals surface area contributed by atoms with Gasteiger partial charge in [0.1, 0.15) is 29.3 Å². The minimum Gasteiger partial charge on any atom is -0.486 e. The van der Waals surface area contributed by atoms with Crippen molar-refractivity contribution in [2.75, 3.05) is 0 Å². The monoisotopic (exact) mass is 382 g/mol. The van der Waals surface area contributed by atoms with Crippen molar-refractivity contribution in [1.82, 2.24) is 19.6 Å². The first-order valence-electron chi connectivity index (χ1n) is 7.82. The molecule has 0 aliphatic heterocycles. The Morgan fingerprint density at radius 3 is 2.88 bits per heavy atom. The highest BCUT2D eigenvalue weighted by Gasteiger charge is 2.14. The molecule has 0 saturated heterocycles. The molecule has 0 unspecified atom stereocenters. The van der Waals surface area contributed by atoms with E-state index in [1.807, 2.05) is 35.7 Å². The van der Waals surface area contributed by atoms with Crippen LogP contribution in [-0.2, 0) is 6.61 Å². The van der Waals surface area contributed by atoms with E-state index in [4.69, 9.17) is 20.8 Å². The molecule has 8 heteroatoms. The lowest BCUT2D eigenvalue weighted by Crippen LogP contribution is -1.93. The molecule has 5 aromatic rings. The summed E-state index contributed by atoms with van der Waals surface area (Å²) in [4.78, 5) is 9.90. The number of thiophene rings is 1. The van der Waals surface area contributed by atoms with E-state index in [1.54, 1.807) is 34.3 Å². The van der Waals surface area contributed by atoms with Crippen molar-refractivity contribution in [3.63, 3.8) is 0 Å². The fourth-order valence-corrected chi connectivity index (χ4v) is 3.48. The molecule has 0 fully saturated rings. The van der Waals surface area contributed by atoms with Crippen LogP contribution in [0, 0.1) is 0 Å². The molecule has 0 aliphatic rings. The summed E-state index contributed by atoms with van der Waals surface area (Å²) in [6.07, 6.45) is 1.66. The summed E-state index contributed by atoms with van der Waals surface area (Å²) >= 11 is 7.45. The largest absolute Gasteiger partial charge is 0.486 e. The second kappa shape index (κ2) is 6.12. The molecule has 0 radical (unpaired) electrons. The van der Waals surface area contributed by atoms with E-state index in [9.17, 15) is 0 Å². The fourth-order valence-electron chi connectivity index (χ4n) is 2.63. The third-order valence-corrected chi connectivity index (χ3v) is 4.95. The highest BCUT2D eigenvalue weighted by atomic mass is 35.5. The molecule has 26 heavy (non-hydrogen) atoms. The van der Waals surface area contributed by atoms with Crippen LogP contribution in [0.3, 0.4) is 0 Å². The van der Waals surface area contributed by atoms with Gasteiger partial charge in [0, 0.05) is 5.02 Å². The topological polar surface area (TPSA) is 65.5 Å². The predicted octanol–water partition coefficient (Wildman–Crippen LogP) is 4.83. The number of rotatable bonds is 4. The van der Waals surface area contributed by atoms with Gasteiger partial charge in [-0.2, -0.15) is 0 Å². The zero-order valence-electron chi connectivity index (χ0n) is 13.3. The highest BCUT2D eigenvalue weighted by Crippen LogP contribution is 2.25. The van der Waals surface area contributed by atoms with Gasteiger partial charge in [-0.1, -0.05) is 11.6 Å². The third-order valence-electron chi connectivity index (χ3n) is 3.88. The van der Waals surface area contributed by atoms with Crippen LogP contribution in [0.25, 0.3) is 27.4 Å². The van der Waals surface area contributed by atoms with E-state index in [1.165, 1.54) is 0 Å². The van der Waals surface area contributed by atoms with E-state index in [0.29, 0.717) is 29.0 Å². The Hall–Kier alpha value is -2.90. The number of aromatic nitrogens is 4. The molecule has 0 amide bonds. The van der Waals surface area contributed by atoms with Gasteiger partial charge in [-0.25, -0.2) is 14.5 Å². The first-order valence-corrected chi connectivity index (χ1v) is 9.08. The molecule has 6 nitrogen and oxygen atoms in total. The Bertz CT molecular complexity index is 1210. The van der Waals surface area contributed by atoms with Gasteiger partial charge in [0.15, 0.2) is 11.4 Å². The van der Waals surface area contributed by atoms with Crippen LogP contribution in [0.4, 0.5) is 0 Å². The van der Waals surface area contributed by atoms with Crippen molar-refractivity contribution in [1.29, 1.82) is 0 Å². The van der Waals surface area contributed by atoms with Crippen molar-refractivity contribution in [2.45, 2.75) is 6.61 Å². The molecule has 0 aliphatic carbocycles. The number of ether oxygens (including phenoxy) is 1. The molecule has 4 heterocycles. The van der Waals surface area contributed by atoms with Crippen molar-refractivity contribution < 1.29 is 9.15 Å². The van der Waals surface area contributed by atoms with Crippen LogP contribution in [0.1, 0.15) is 5.76 Å². The SMILES string of the molecule is Clc1ccc(OCc2ccc(-c3nc4c5ccsc5ncn4n3)o2)cc1. The van der Waals surface area contributed by atoms with Gasteiger partial charge >= 0.3 is 0 Å². The molecule has 0 N–H and O–H groups in total.